The van der Waals surface area contributed by atoms with E-state index in [0.717, 1.165) is 11.6 Å². The van der Waals surface area contributed by atoms with Gasteiger partial charge in [-0.3, -0.25) is 4.79 Å². The third-order valence-corrected chi connectivity index (χ3v) is 4.19. The Morgan fingerprint density at radius 1 is 1.19 bits per heavy atom. The third kappa shape index (κ3) is 2.54. The van der Waals surface area contributed by atoms with E-state index >= 15 is 0 Å². The number of nitrogens with zero attached hydrogens (tertiary/aromatic N) is 3. The second-order valence-electron chi connectivity index (χ2n) is 5.88. The molecule has 0 aliphatic carbocycles. The summed E-state index contributed by atoms with van der Waals surface area (Å²) >= 11 is 1.27. The van der Waals surface area contributed by atoms with Crippen LogP contribution >= 0.6 is 11.3 Å². The highest BCUT2D eigenvalue weighted by Gasteiger charge is 2.14. The Labute approximate surface area is 125 Å². The van der Waals surface area contributed by atoms with E-state index in [-0.39, 0.29) is 16.9 Å². The van der Waals surface area contributed by atoms with Gasteiger partial charge in [0.05, 0.1) is 6.07 Å². The molecule has 2 heterocycles. The van der Waals surface area contributed by atoms with E-state index in [1.165, 1.54) is 21.4 Å². The van der Waals surface area contributed by atoms with Gasteiger partial charge >= 0.3 is 0 Å². The average Bonchev–Trinajstić information content (AvgIpc) is 2.82. The van der Waals surface area contributed by atoms with Crippen LogP contribution < -0.4 is 5.56 Å². The summed E-state index contributed by atoms with van der Waals surface area (Å²) in [5, 5.41) is 14.3. The number of rotatable bonds is 1. The molecule has 1 aromatic carbocycles. The second-order valence-corrected chi connectivity index (χ2v) is 6.84. The maximum Gasteiger partial charge on any atom is 0.279 e. The van der Waals surface area contributed by atoms with Crippen LogP contribution in [0.15, 0.2) is 35.1 Å². The highest BCUT2D eigenvalue weighted by Crippen LogP contribution is 2.28. The molecule has 0 spiro atoms. The molecule has 0 amide bonds. The van der Waals surface area contributed by atoms with Crippen molar-refractivity contribution in [3.05, 3.63) is 46.2 Å². The molecule has 108 valence electrons. The summed E-state index contributed by atoms with van der Waals surface area (Å²) in [5.74, 6) is -0.279. The Morgan fingerprint density at radius 2 is 1.86 bits per heavy atom. The molecular formula is C15H15N3O2S. The zero-order chi connectivity index (χ0) is 15.2. The summed E-state index contributed by atoms with van der Waals surface area (Å²) in [5.41, 5.74) is 1.88. The number of aromatic nitrogens is 3. The molecule has 0 atom stereocenters. The molecule has 0 bridgehead atoms. The lowest BCUT2D eigenvalue weighted by atomic mass is 9.87. The lowest BCUT2D eigenvalue weighted by molar-refractivity contribution is 0.452. The number of hydrogen-bond donors (Lipinski definition) is 1. The first-order valence-electron chi connectivity index (χ1n) is 6.55. The minimum atomic E-state index is -0.383. The van der Waals surface area contributed by atoms with Gasteiger partial charge in [-0.05, 0) is 11.0 Å². The standard InChI is InChI=1S/C15H15N3O2S/c1-15(2,3)10-6-4-9(5-7-10)13-17-18-12(20)8-11(19)16-14(18)21-13/h4-8,19H,1-3H3. The molecule has 0 saturated carbocycles. The smallest absolute Gasteiger partial charge is 0.279 e. The van der Waals surface area contributed by atoms with E-state index in [1.807, 2.05) is 12.1 Å². The normalized spacial score (nSPS) is 12.0. The minimum absolute atomic E-state index is 0.0937. The molecule has 6 heteroatoms. The molecule has 21 heavy (non-hydrogen) atoms. The first kappa shape index (κ1) is 13.8. The maximum atomic E-state index is 11.7. The largest absolute Gasteiger partial charge is 0.493 e. The van der Waals surface area contributed by atoms with Gasteiger partial charge < -0.3 is 5.11 Å². The van der Waals surface area contributed by atoms with E-state index < -0.39 is 0 Å². The van der Waals surface area contributed by atoms with Gasteiger partial charge in [-0.15, -0.1) is 0 Å². The van der Waals surface area contributed by atoms with Crippen LogP contribution in [-0.4, -0.2) is 19.7 Å². The minimum Gasteiger partial charge on any atom is -0.493 e. The topological polar surface area (TPSA) is 67.5 Å². The van der Waals surface area contributed by atoms with Gasteiger partial charge in [0.2, 0.25) is 10.8 Å². The summed E-state index contributed by atoms with van der Waals surface area (Å²) in [6, 6.07) is 9.16. The summed E-state index contributed by atoms with van der Waals surface area (Å²) in [6.07, 6.45) is 0. The molecule has 0 fully saturated rings. The summed E-state index contributed by atoms with van der Waals surface area (Å²) in [6.45, 7) is 6.48. The van der Waals surface area contributed by atoms with Crippen LogP contribution in [0, 0.1) is 0 Å². The van der Waals surface area contributed by atoms with Crippen molar-refractivity contribution in [3.63, 3.8) is 0 Å². The van der Waals surface area contributed by atoms with Crippen LogP contribution in [0.4, 0.5) is 0 Å². The Morgan fingerprint density at radius 3 is 2.48 bits per heavy atom. The monoisotopic (exact) mass is 301 g/mol. The molecule has 3 rings (SSSR count). The van der Waals surface area contributed by atoms with E-state index in [9.17, 15) is 9.90 Å². The number of fused-ring (bicyclic) bond motifs is 1. The Balaban J connectivity index is 2.08. The number of aromatic hydroxyl groups is 1. The van der Waals surface area contributed by atoms with Gasteiger partial charge in [0.25, 0.3) is 5.56 Å². The molecule has 0 saturated heterocycles. The predicted octanol–water partition coefficient (Wildman–Crippen LogP) is 2.82. The summed E-state index contributed by atoms with van der Waals surface area (Å²) in [4.78, 5) is 16.0. The molecule has 0 radical (unpaired) electrons. The van der Waals surface area contributed by atoms with Crippen molar-refractivity contribution >= 4 is 16.3 Å². The van der Waals surface area contributed by atoms with Crippen LogP contribution in [-0.2, 0) is 5.41 Å². The van der Waals surface area contributed by atoms with Gasteiger partial charge in [-0.25, -0.2) is 0 Å². The van der Waals surface area contributed by atoms with Crippen molar-refractivity contribution in [2.75, 3.05) is 0 Å². The SMILES string of the molecule is CC(C)(C)c1ccc(-c2nn3c(=O)cc(O)nc3s2)cc1. The molecule has 0 unspecified atom stereocenters. The van der Waals surface area contributed by atoms with E-state index in [4.69, 9.17) is 0 Å². The predicted molar refractivity (Wildman–Crippen MR) is 82.9 cm³/mol. The molecule has 3 aromatic rings. The van der Waals surface area contributed by atoms with Crippen molar-refractivity contribution in [2.24, 2.45) is 0 Å². The van der Waals surface area contributed by atoms with Gasteiger partial charge in [0.15, 0.2) is 0 Å². The molecule has 5 nitrogen and oxygen atoms in total. The Hall–Kier alpha value is -2.21. The average molecular weight is 301 g/mol. The van der Waals surface area contributed by atoms with Crippen molar-refractivity contribution in [1.29, 1.82) is 0 Å². The fraction of sp³-hybridized carbons (Fsp3) is 0.267. The lowest BCUT2D eigenvalue weighted by Crippen LogP contribution is -2.12. The fourth-order valence-corrected chi connectivity index (χ4v) is 2.93. The Kier molecular flexibility index (Phi) is 3.06. The summed E-state index contributed by atoms with van der Waals surface area (Å²) < 4.78 is 1.21. The van der Waals surface area contributed by atoms with Crippen molar-refractivity contribution in [3.8, 4) is 16.5 Å². The van der Waals surface area contributed by atoms with Crippen LogP contribution in [0.2, 0.25) is 0 Å². The molecule has 2 aromatic heterocycles. The number of hydrogen-bond acceptors (Lipinski definition) is 5. The van der Waals surface area contributed by atoms with Crippen molar-refractivity contribution in [2.45, 2.75) is 26.2 Å². The van der Waals surface area contributed by atoms with Crippen molar-refractivity contribution in [1.82, 2.24) is 14.6 Å². The molecule has 0 aliphatic heterocycles. The van der Waals surface area contributed by atoms with Crippen LogP contribution in [0.1, 0.15) is 26.3 Å². The molecular weight excluding hydrogens is 286 g/mol. The van der Waals surface area contributed by atoms with Crippen LogP contribution in [0.5, 0.6) is 5.88 Å². The van der Waals surface area contributed by atoms with Gasteiger partial charge in [-0.1, -0.05) is 56.4 Å². The van der Waals surface area contributed by atoms with Gasteiger partial charge in [-0.2, -0.15) is 14.6 Å². The first-order chi connectivity index (χ1) is 9.84. The second kappa shape index (κ2) is 4.66. The van der Waals surface area contributed by atoms with Crippen LogP contribution in [0.3, 0.4) is 0 Å². The Bertz CT molecular complexity index is 857. The highest BCUT2D eigenvalue weighted by atomic mass is 32.1. The molecule has 0 aliphatic rings. The zero-order valence-electron chi connectivity index (χ0n) is 12.0. The third-order valence-electron chi connectivity index (χ3n) is 3.23. The van der Waals surface area contributed by atoms with Crippen LogP contribution in [0.25, 0.3) is 15.5 Å². The maximum absolute atomic E-state index is 11.7. The van der Waals surface area contributed by atoms with E-state index in [0.29, 0.717) is 9.97 Å². The quantitative estimate of drug-likeness (QED) is 0.750. The van der Waals surface area contributed by atoms with Gasteiger partial charge in [0, 0.05) is 5.56 Å². The lowest BCUT2D eigenvalue weighted by Gasteiger charge is -2.18. The first-order valence-corrected chi connectivity index (χ1v) is 7.37. The van der Waals surface area contributed by atoms with E-state index in [2.05, 4.69) is 43.0 Å². The fourth-order valence-electron chi connectivity index (χ4n) is 2.03. The molecule has 1 N–H and O–H groups in total. The van der Waals surface area contributed by atoms with Gasteiger partial charge in [0.1, 0.15) is 5.01 Å². The van der Waals surface area contributed by atoms with Crippen molar-refractivity contribution < 1.29 is 5.11 Å². The highest BCUT2D eigenvalue weighted by molar-refractivity contribution is 7.19. The van der Waals surface area contributed by atoms with E-state index in [1.54, 1.807) is 0 Å². The number of benzene rings is 1. The summed E-state index contributed by atoms with van der Waals surface area (Å²) in [7, 11) is 0. The zero-order valence-corrected chi connectivity index (χ0v) is 12.8.